The highest BCUT2D eigenvalue weighted by Gasteiger charge is 2.37. The van der Waals surface area contributed by atoms with Crippen LogP contribution in [0.1, 0.15) is 18.0 Å². The lowest BCUT2D eigenvalue weighted by molar-refractivity contribution is 0.101. The van der Waals surface area contributed by atoms with Gasteiger partial charge >= 0.3 is 0 Å². The zero-order valence-corrected chi connectivity index (χ0v) is 14.2. The van der Waals surface area contributed by atoms with Crippen molar-refractivity contribution < 1.29 is 14.9 Å². The largest absolute Gasteiger partial charge is 0.471 e. The molecule has 0 aliphatic heterocycles. The first-order chi connectivity index (χ1) is 12.7. The number of aliphatic hydroxyl groups excluding tert-OH is 2. The summed E-state index contributed by atoms with van der Waals surface area (Å²) in [6.07, 6.45) is 2.96. The Hall–Kier alpha value is -2.77. The topological polar surface area (TPSA) is 93.3 Å². The Balaban J connectivity index is 1.62. The van der Waals surface area contributed by atoms with E-state index in [-0.39, 0.29) is 18.6 Å². The molecule has 26 heavy (non-hydrogen) atoms. The Morgan fingerprint density at radius 2 is 2.00 bits per heavy atom. The quantitative estimate of drug-likeness (QED) is 0.681. The van der Waals surface area contributed by atoms with Gasteiger partial charge in [0.25, 0.3) is 0 Å². The minimum absolute atomic E-state index is 0.121. The molecule has 0 amide bonds. The van der Waals surface area contributed by atoms with E-state index in [0.29, 0.717) is 30.1 Å². The second kappa shape index (κ2) is 6.86. The first kappa shape index (κ1) is 16.7. The van der Waals surface area contributed by atoms with Gasteiger partial charge < -0.3 is 19.5 Å². The molecule has 134 valence electrons. The fourth-order valence-electron chi connectivity index (χ4n) is 3.46. The maximum absolute atomic E-state index is 10.2. The van der Waals surface area contributed by atoms with Crippen molar-refractivity contribution in [3.05, 3.63) is 60.7 Å². The van der Waals surface area contributed by atoms with Gasteiger partial charge in [0.15, 0.2) is 11.2 Å². The summed E-state index contributed by atoms with van der Waals surface area (Å²) in [6.45, 7) is 4.32. The minimum Gasteiger partial charge on any atom is -0.471 e. The van der Waals surface area contributed by atoms with Crippen LogP contribution in [0.5, 0.6) is 5.88 Å². The van der Waals surface area contributed by atoms with Gasteiger partial charge in [-0.15, -0.1) is 0 Å². The lowest BCUT2D eigenvalue weighted by Gasteiger charge is -2.15. The summed E-state index contributed by atoms with van der Waals surface area (Å²) in [4.78, 5) is 13.0. The Bertz CT molecular complexity index is 925. The monoisotopic (exact) mass is 352 g/mol. The molecule has 3 atom stereocenters. The van der Waals surface area contributed by atoms with Crippen LogP contribution in [0.2, 0.25) is 0 Å². The SMILES string of the molecule is C=C1[C@H](CO)[C@@H](O)C[C@@H]1n1cnc2c(OCc3ccccc3)ncnc21. The van der Waals surface area contributed by atoms with Gasteiger partial charge in [0.2, 0.25) is 5.88 Å². The number of rotatable bonds is 5. The normalized spacial score (nSPS) is 22.8. The summed E-state index contributed by atoms with van der Waals surface area (Å²) in [5.74, 6) is 0.0913. The van der Waals surface area contributed by atoms with Crippen molar-refractivity contribution >= 4 is 11.2 Å². The molecular formula is C19H20N4O3. The van der Waals surface area contributed by atoms with Crippen molar-refractivity contribution in [3.63, 3.8) is 0 Å². The number of imidazole rings is 1. The standard InChI is InChI=1S/C19H20N4O3/c1-12-14(8-24)16(25)7-15(12)23-11-22-17-18(23)20-10-21-19(17)26-9-13-5-3-2-4-6-13/h2-6,10-11,14-16,24-25H,1,7-9H2/t14-,15-,16-/m0/s1. The molecule has 2 heterocycles. The lowest BCUT2D eigenvalue weighted by Crippen LogP contribution is -2.17. The van der Waals surface area contributed by atoms with Crippen molar-refractivity contribution in [1.82, 2.24) is 19.5 Å². The van der Waals surface area contributed by atoms with Crippen molar-refractivity contribution in [3.8, 4) is 5.88 Å². The number of aliphatic hydroxyl groups is 2. The van der Waals surface area contributed by atoms with Crippen LogP contribution in [-0.4, -0.2) is 42.4 Å². The van der Waals surface area contributed by atoms with E-state index in [9.17, 15) is 10.2 Å². The van der Waals surface area contributed by atoms with Gasteiger partial charge in [-0.05, 0) is 17.6 Å². The van der Waals surface area contributed by atoms with Gasteiger partial charge in [-0.2, -0.15) is 4.98 Å². The zero-order valence-electron chi connectivity index (χ0n) is 14.2. The van der Waals surface area contributed by atoms with Gasteiger partial charge in [-0.3, -0.25) is 0 Å². The van der Waals surface area contributed by atoms with Crippen LogP contribution in [0, 0.1) is 5.92 Å². The molecule has 1 aliphatic carbocycles. The summed E-state index contributed by atoms with van der Waals surface area (Å²) in [7, 11) is 0. The van der Waals surface area contributed by atoms with Crippen LogP contribution in [0.25, 0.3) is 11.2 Å². The molecule has 0 radical (unpaired) electrons. The molecule has 2 aromatic heterocycles. The molecule has 0 bridgehead atoms. The van der Waals surface area contributed by atoms with Gasteiger partial charge in [0.1, 0.15) is 12.9 Å². The van der Waals surface area contributed by atoms with E-state index in [0.717, 1.165) is 11.1 Å². The minimum atomic E-state index is -0.620. The van der Waals surface area contributed by atoms with Gasteiger partial charge in [-0.1, -0.05) is 36.9 Å². The number of fused-ring (bicyclic) bond motifs is 1. The molecule has 1 aromatic carbocycles. The third-order valence-electron chi connectivity index (χ3n) is 4.91. The molecule has 0 saturated heterocycles. The van der Waals surface area contributed by atoms with E-state index in [4.69, 9.17) is 4.74 Å². The summed E-state index contributed by atoms with van der Waals surface area (Å²) in [5.41, 5.74) is 3.01. The van der Waals surface area contributed by atoms with Crippen molar-refractivity contribution in [2.45, 2.75) is 25.2 Å². The number of benzene rings is 1. The second-order valence-electron chi connectivity index (χ2n) is 6.46. The fourth-order valence-corrected chi connectivity index (χ4v) is 3.46. The molecule has 0 spiro atoms. The summed E-state index contributed by atoms with van der Waals surface area (Å²) in [6, 6.07) is 9.67. The van der Waals surface area contributed by atoms with Crippen LogP contribution >= 0.6 is 0 Å². The average molecular weight is 352 g/mol. The maximum Gasteiger partial charge on any atom is 0.245 e. The molecule has 2 N–H and O–H groups in total. The Morgan fingerprint density at radius 3 is 2.73 bits per heavy atom. The van der Waals surface area contributed by atoms with Crippen LogP contribution in [0.3, 0.4) is 0 Å². The Morgan fingerprint density at radius 1 is 1.19 bits per heavy atom. The molecule has 1 fully saturated rings. The van der Waals surface area contributed by atoms with E-state index >= 15 is 0 Å². The zero-order chi connectivity index (χ0) is 18.1. The molecule has 4 rings (SSSR count). The van der Waals surface area contributed by atoms with Crippen molar-refractivity contribution in [2.75, 3.05) is 6.61 Å². The average Bonchev–Trinajstić information content (AvgIpc) is 3.21. The van der Waals surface area contributed by atoms with Crippen LogP contribution in [0.15, 0.2) is 55.1 Å². The number of hydrogen-bond acceptors (Lipinski definition) is 6. The molecule has 3 aromatic rings. The summed E-state index contributed by atoms with van der Waals surface area (Å²) < 4.78 is 7.70. The second-order valence-corrected chi connectivity index (χ2v) is 6.46. The highest BCUT2D eigenvalue weighted by Crippen LogP contribution is 2.40. The third kappa shape index (κ3) is 2.85. The first-order valence-corrected chi connectivity index (χ1v) is 8.51. The van der Waals surface area contributed by atoms with Crippen LogP contribution in [0.4, 0.5) is 0 Å². The highest BCUT2D eigenvalue weighted by atomic mass is 16.5. The maximum atomic E-state index is 10.2. The summed E-state index contributed by atoms with van der Waals surface area (Å²) in [5, 5.41) is 19.6. The van der Waals surface area contributed by atoms with Gasteiger partial charge in [0.05, 0.1) is 25.1 Å². The van der Waals surface area contributed by atoms with Gasteiger partial charge in [0, 0.05) is 5.92 Å². The molecule has 1 aliphatic rings. The van der Waals surface area contributed by atoms with E-state index in [1.165, 1.54) is 6.33 Å². The third-order valence-corrected chi connectivity index (χ3v) is 4.91. The molecule has 7 heteroatoms. The van der Waals surface area contributed by atoms with Crippen molar-refractivity contribution in [1.29, 1.82) is 0 Å². The summed E-state index contributed by atoms with van der Waals surface area (Å²) >= 11 is 0. The van der Waals surface area contributed by atoms with Gasteiger partial charge in [-0.25, -0.2) is 9.97 Å². The van der Waals surface area contributed by atoms with Crippen LogP contribution < -0.4 is 4.74 Å². The first-order valence-electron chi connectivity index (χ1n) is 8.51. The molecule has 1 saturated carbocycles. The smallest absolute Gasteiger partial charge is 0.245 e. The number of hydrogen-bond donors (Lipinski definition) is 2. The Labute approximate surface area is 150 Å². The molecule has 0 unspecified atom stereocenters. The number of nitrogens with zero attached hydrogens (tertiary/aromatic N) is 4. The Kier molecular flexibility index (Phi) is 4.40. The molecule has 7 nitrogen and oxygen atoms in total. The van der Waals surface area contributed by atoms with E-state index in [1.54, 1.807) is 6.33 Å². The number of aromatic nitrogens is 4. The number of ether oxygens (including phenoxy) is 1. The highest BCUT2D eigenvalue weighted by molar-refractivity contribution is 5.76. The fraction of sp³-hybridized carbons (Fsp3) is 0.316. The lowest BCUT2D eigenvalue weighted by atomic mass is 10.0. The van der Waals surface area contributed by atoms with E-state index in [2.05, 4.69) is 21.5 Å². The predicted octanol–water partition coefficient (Wildman–Crippen LogP) is 1.88. The predicted molar refractivity (Wildman–Crippen MR) is 95.5 cm³/mol. The van der Waals surface area contributed by atoms with E-state index < -0.39 is 6.10 Å². The van der Waals surface area contributed by atoms with E-state index in [1.807, 2.05) is 34.9 Å². The molecular weight excluding hydrogens is 332 g/mol. The van der Waals surface area contributed by atoms with Crippen molar-refractivity contribution in [2.24, 2.45) is 5.92 Å². The van der Waals surface area contributed by atoms with Crippen LogP contribution in [-0.2, 0) is 6.61 Å².